The third kappa shape index (κ3) is 6.53. The van der Waals surface area contributed by atoms with Crippen LogP contribution in [0.25, 0.3) is 11.4 Å². The van der Waals surface area contributed by atoms with E-state index in [9.17, 15) is 13.2 Å². The monoisotopic (exact) mass is 436 g/mol. The smallest absolute Gasteiger partial charge is 0.226 e. The van der Waals surface area contributed by atoms with Gasteiger partial charge in [-0.2, -0.15) is 4.98 Å². The fourth-order valence-corrected chi connectivity index (χ4v) is 3.87. The first-order valence-corrected chi connectivity index (χ1v) is 12.0. The van der Waals surface area contributed by atoms with Gasteiger partial charge in [0.25, 0.3) is 0 Å². The number of rotatable bonds is 9. The second-order valence-corrected chi connectivity index (χ2v) is 9.71. The molecule has 1 aromatic heterocycles. The lowest BCUT2D eigenvalue weighted by molar-refractivity contribution is -0.133. The van der Waals surface area contributed by atoms with Crippen LogP contribution < -0.4 is 4.74 Å². The highest BCUT2D eigenvalue weighted by Gasteiger charge is 2.21. The maximum atomic E-state index is 12.4. The molecule has 30 heavy (non-hydrogen) atoms. The molecule has 0 aliphatic carbocycles. The molecule has 1 saturated heterocycles. The molecule has 1 amide bonds. The molecule has 0 radical (unpaired) electrons. The maximum absolute atomic E-state index is 12.4. The van der Waals surface area contributed by atoms with Gasteiger partial charge in [0.1, 0.15) is 15.6 Å². The van der Waals surface area contributed by atoms with Crippen LogP contribution in [-0.2, 0) is 21.1 Å². The first kappa shape index (κ1) is 22.2. The number of hydrogen-bond donors (Lipinski definition) is 0. The first-order valence-electron chi connectivity index (χ1n) is 9.99. The number of nitrogens with zero attached hydrogens (tertiary/aromatic N) is 4. The molecule has 0 unspecified atom stereocenters. The molecule has 0 spiro atoms. The van der Waals surface area contributed by atoms with Crippen LogP contribution in [0, 0.1) is 0 Å². The Morgan fingerprint density at radius 3 is 2.50 bits per heavy atom. The minimum atomic E-state index is -2.96. The van der Waals surface area contributed by atoms with E-state index in [1.54, 1.807) is 7.11 Å². The van der Waals surface area contributed by atoms with E-state index in [0.717, 1.165) is 11.3 Å². The van der Waals surface area contributed by atoms with Crippen LogP contribution in [0.2, 0.25) is 0 Å². The van der Waals surface area contributed by atoms with Gasteiger partial charge in [0.15, 0.2) is 0 Å². The summed E-state index contributed by atoms with van der Waals surface area (Å²) in [6, 6.07) is 7.41. The average Bonchev–Trinajstić information content (AvgIpc) is 3.21. The van der Waals surface area contributed by atoms with E-state index in [4.69, 9.17) is 9.26 Å². The zero-order valence-corrected chi connectivity index (χ0v) is 18.2. The second kappa shape index (κ2) is 10.0. The van der Waals surface area contributed by atoms with Crippen LogP contribution >= 0.6 is 0 Å². The normalized spacial score (nSPS) is 15.3. The number of amides is 1. The fourth-order valence-electron chi connectivity index (χ4n) is 3.28. The molecule has 0 N–H and O–H groups in total. The van der Waals surface area contributed by atoms with Gasteiger partial charge in [-0.15, -0.1) is 0 Å². The van der Waals surface area contributed by atoms with Crippen molar-refractivity contribution in [3.05, 3.63) is 30.2 Å². The molecule has 0 bridgehead atoms. The topological polar surface area (TPSA) is 106 Å². The molecule has 10 heteroatoms. The third-order valence-electron chi connectivity index (χ3n) is 5.10. The number of piperazine rings is 1. The standard InChI is InChI=1S/C20H28N4O5S/c1-28-17-8-6-16(7-9-17)20-21-18(29-22-20)4-3-5-19(25)24-12-10-23(11-13-24)14-15-30(2,26)27/h6-9H,3-5,10-15H2,1-2H3. The maximum Gasteiger partial charge on any atom is 0.226 e. The Balaban J connectivity index is 1.39. The van der Waals surface area contributed by atoms with Crippen LogP contribution in [0.4, 0.5) is 0 Å². The van der Waals surface area contributed by atoms with Gasteiger partial charge in [0, 0.05) is 57.4 Å². The minimum Gasteiger partial charge on any atom is -0.497 e. The molecular formula is C20H28N4O5S. The summed E-state index contributed by atoms with van der Waals surface area (Å²) in [6.07, 6.45) is 2.85. The van der Waals surface area contributed by atoms with Gasteiger partial charge in [-0.1, -0.05) is 5.16 Å². The van der Waals surface area contributed by atoms with Gasteiger partial charge in [-0.25, -0.2) is 8.42 Å². The van der Waals surface area contributed by atoms with Crippen LogP contribution in [0.5, 0.6) is 5.75 Å². The predicted molar refractivity (Wildman–Crippen MR) is 112 cm³/mol. The highest BCUT2D eigenvalue weighted by atomic mass is 32.2. The van der Waals surface area contributed by atoms with E-state index in [1.165, 1.54) is 6.26 Å². The number of hydrogen-bond acceptors (Lipinski definition) is 8. The molecule has 1 fully saturated rings. The van der Waals surface area contributed by atoms with Crippen molar-refractivity contribution in [2.24, 2.45) is 0 Å². The highest BCUT2D eigenvalue weighted by Crippen LogP contribution is 2.20. The quantitative estimate of drug-likeness (QED) is 0.578. The average molecular weight is 437 g/mol. The fraction of sp³-hybridized carbons (Fsp3) is 0.550. The second-order valence-electron chi connectivity index (χ2n) is 7.45. The van der Waals surface area contributed by atoms with E-state index in [1.807, 2.05) is 29.2 Å². The van der Waals surface area contributed by atoms with E-state index < -0.39 is 9.84 Å². The van der Waals surface area contributed by atoms with E-state index in [0.29, 0.717) is 63.7 Å². The Morgan fingerprint density at radius 2 is 1.87 bits per heavy atom. The molecule has 2 heterocycles. The van der Waals surface area contributed by atoms with Crippen molar-refractivity contribution in [1.82, 2.24) is 19.9 Å². The Labute approximate surface area is 176 Å². The minimum absolute atomic E-state index is 0.104. The molecule has 1 aromatic carbocycles. The zero-order chi connectivity index (χ0) is 21.6. The Bertz CT molecular complexity index is 934. The van der Waals surface area contributed by atoms with Crippen LogP contribution in [0.3, 0.4) is 0 Å². The van der Waals surface area contributed by atoms with Crippen LogP contribution in [-0.4, -0.2) is 86.1 Å². The van der Waals surface area contributed by atoms with Crippen molar-refractivity contribution in [2.45, 2.75) is 19.3 Å². The van der Waals surface area contributed by atoms with Gasteiger partial charge < -0.3 is 14.2 Å². The lowest BCUT2D eigenvalue weighted by Gasteiger charge is -2.34. The molecule has 0 saturated carbocycles. The van der Waals surface area contributed by atoms with Crippen molar-refractivity contribution < 1.29 is 22.5 Å². The van der Waals surface area contributed by atoms with Gasteiger partial charge in [0.05, 0.1) is 12.9 Å². The molecule has 2 aromatic rings. The largest absolute Gasteiger partial charge is 0.497 e. The molecule has 0 atom stereocenters. The Morgan fingerprint density at radius 1 is 1.17 bits per heavy atom. The first-order chi connectivity index (χ1) is 14.3. The number of ether oxygens (including phenoxy) is 1. The summed E-state index contributed by atoms with van der Waals surface area (Å²) in [5, 5.41) is 4.00. The number of aromatic nitrogens is 2. The molecule has 3 rings (SSSR count). The van der Waals surface area contributed by atoms with Crippen molar-refractivity contribution in [2.75, 3.05) is 51.8 Å². The molecule has 164 valence electrons. The number of benzene rings is 1. The SMILES string of the molecule is COc1ccc(-c2noc(CCCC(=O)N3CCN(CCS(C)(=O)=O)CC3)n2)cc1. The van der Waals surface area contributed by atoms with Crippen molar-refractivity contribution in [1.29, 1.82) is 0 Å². The van der Waals surface area contributed by atoms with Gasteiger partial charge >= 0.3 is 0 Å². The number of carbonyl (C=O) groups is 1. The number of methoxy groups -OCH3 is 1. The summed E-state index contributed by atoms with van der Waals surface area (Å²) in [4.78, 5) is 20.8. The van der Waals surface area contributed by atoms with E-state index in [2.05, 4.69) is 15.0 Å². The highest BCUT2D eigenvalue weighted by molar-refractivity contribution is 7.90. The third-order valence-corrected chi connectivity index (χ3v) is 6.03. The van der Waals surface area contributed by atoms with Crippen molar-refractivity contribution in [3.8, 4) is 17.1 Å². The van der Waals surface area contributed by atoms with Crippen LogP contribution in [0.1, 0.15) is 18.7 Å². The number of aryl methyl sites for hydroxylation is 1. The summed E-state index contributed by atoms with van der Waals surface area (Å²) in [5.41, 5.74) is 0.843. The molecule has 1 aliphatic rings. The summed E-state index contributed by atoms with van der Waals surface area (Å²) in [7, 11) is -1.35. The van der Waals surface area contributed by atoms with E-state index >= 15 is 0 Å². The van der Waals surface area contributed by atoms with Crippen molar-refractivity contribution >= 4 is 15.7 Å². The summed E-state index contributed by atoms with van der Waals surface area (Å²) >= 11 is 0. The summed E-state index contributed by atoms with van der Waals surface area (Å²) in [6.45, 7) is 3.19. The van der Waals surface area contributed by atoms with Crippen molar-refractivity contribution in [3.63, 3.8) is 0 Å². The number of sulfone groups is 1. The lowest BCUT2D eigenvalue weighted by Crippen LogP contribution is -2.49. The van der Waals surface area contributed by atoms with Gasteiger partial charge in [-0.05, 0) is 30.7 Å². The Hall–Kier alpha value is -2.46. The molecular weight excluding hydrogens is 408 g/mol. The number of carbonyl (C=O) groups excluding carboxylic acids is 1. The zero-order valence-electron chi connectivity index (χ0n) is 17.4. The van der Waals surface area contributed by atoms with Gasteiger partial charge in [-0.3, -0.25) is 9.69 Å². The molecule has 1 aliphatic heterocycles. The van der Waals surface area contributed by atoms with Gasteiger partial charge in [0.2, 0.25) is 17.6 Å². The molecule has 9 nitrogen and oxygen atoms in total. The summed E-state index contributed by atoms with van der Waals surface area (Å²) < 4.78 is 33.0. The van der Waals surface area contributed by atoms with Crippen LogP contribution in [0.15, 0.2) is 28.8 Å². The van der Waals surface area contributed by atoms with E-state index in [-0.39, 0.29) is 11.7 Å². The summed E-state index contributed by atoms with van der Waals surface area (Å²) in [5.74, 6) is 2.05. The Kier molecular flexibility index (Phi) is 7.43. The lowest BCUT2D eigenvalue weighted by atomic mass is 10.2. The predicted octanol–water partition coefficient (Wildman–Crippen LogP) is 1.26.